The van der Waals surface area contributed by atoms with Gasteiger partial charge in [-0.1, -0.05) is 20.8 Å². The molecule has 1 aromatic heterocycles. The maximum absolute atomic E-state index is 3.61. The largest absolute Gasteiger partial charge is 0.316 e. The fraction of sp³-hybridized carbons (Fsp3) is 0.733. The predicted octanol–water partition coefficient (Wildman–Crippen LogP) is 4.49. The molecule has 0 aliphatic rings. The van der Waals surface area contributed by atoms with Crippen molar-refractivity contribution in [1.29, 1.82) is 0 Å². The van der Waals surface area contributed by atoms with Gasteiger partial charge in [0.25, 0.3) is 0 Å². The van der Waals surface area contributed by atoms with E-state index in [1.165, 1.54) is 44.2 Å². The van der Waals surface area contributed by atoms with Crippen molar-refractivity contribution >= 4 is 11.3 Å². The maximum Gasteiger partial charge on any atom is 0.000771 e. The van der Waals surface area contributed by atoms with E-state index in [0.717, 1.165) is 6.54 Å². The molecule has 0 amide bonds. The maximum atomic E-state index is 3.61. The SMILES string of the molecule is CCCNCC(CC)(CC)CCc1ccsc1. The molecular formula is C15H27NS. The van der Waals surface area contributed by atoms with Crippen molar-refractivity contribution in [3.63, 3.8) is 0 Å². The van der Waals surface area contributed by atoms with Crippen LogP contribution >= 0.6 is 11.3 Å². The monoisotopic (exact) mass is 253 g/mol. The second kappa shape index (κ2) is 7.88. The highest BCUT2D eigenvalue weighted by atomic mass is 32.1. The lowest BCUT2D eigenvalue weighted by Crippen LogP contribution is -2.34. The molecule has 2 heteroatoms. The zero-order valence-electron chi connectivity index (χ0n) is 11.6. The van der Waals surface area contributed by atoms with E-state index in [9.17, 15) is 0 Å². The molecule has 0 saturated heterocycles. The fourth-order valence-electron chi connectivity index (χ4n) is 2.32. The Kier molecular flexibility index (Phi) is 6.83. The first-order valence-electron chi connectivity index (χ1n) is 6.98. The minimum absolute atomic E-state index is 0.497. The molecule has 0 spiro atoms. The number of aryl methyl sites for hydroxylation is 1. The van der Waals surface area contributed by atoms with Gasteiger partial charge in [0.05, 0.1) is 0 Å². The van der Waals surface area contributed by atoms with Crippen LogP contribution in [0.3, 0.4) is 0 Å². The normalized spacial score (nSPS) is 11.9. The van der Waals surface area contributed by atoms with Crippen LogP contribution in [0, 0.1) is 5.41 Å². The molecule has 1 nitrogen and oxygen atoms in total. The Morgan fingerprint density at radius 3 is 2.53 bits per heavy atom. The summed E-state index contributed by atoms with van der Waals surface area (Å²) >= 11 is 1.81. The number of thiophene rings is 1. The molecule has 0 aliphatic carbocycles. The van der Waals surface area contributed by atoms with Crippen molar-refractivity contribution in [2.24, 2.45) is 5.41 Å². The molecule has 1 aromatic rings. The average molecular weight is 253 g/mol. The molecule has 0 atom stereocenters. The van der Waals surface area contributed by atoms with E-state index in [2.05, 4.69) is 42.9 Å². The highest BCUT2D eigenvalue weighted by molar-refractivity contribution is 7.07. The second-order valence-electron chi connectivity index (χ2n) is 5.02. The molecule has 1 N–H and O–H groups in total. The fourth-order valence-corrected chi connectivity index (χ4v) is 3.02. The van der Waals surface area contributed by atoms with Gasteiger partial charge < -0.3 is 5.32 Å². The summed E-state index contributed by atoms with van der Waals surface area (Å²) in [5.41, 5.74) is 2.01. The first-order valence-corrected chi connectivity index (χ1v) is 7.92. The topological polar surface area (TPSA) is 12.0 Å². The summed E-state index contributed by atoms with van der Waals surface area (Å²) in [6.07, 6.45) is 6.34. The molecule has 0 aromatic carbocycles. The second-order valence-corrected chi connectivity index (χ2v) is 5.80. The Hall–Kier alpha value is -0.340. The van der Waals surface area contributed by atoms with Crippen LogP contribution in [0.15, 0.2) is 16.8 Å². The van der Waals surface area contributed by atoms with Crippen molar-refractivity contribution in [2.45, 2.75) is 52.9 Å². The third-order valence-electron chi connectivity index (χ3n) is 3.95. The summed E-state index contributed by atoms with van der Waals surface area (Å²) in [5.74, 6) is 0. The summed E-state index contributed by atoms with van der Waals surface area (Å²) in [6, 6.07) is 2.26. The predicted molar refractivity (Wildman–Crippen MR) is 78.8 cm³/mol. The lowest BCUT2D eigenvalue weighted by Gasteiger charge is -2.32. The number of hydrogen-bond donors (Lipinski definition) is 1. The Balaban J connectivity index is 2.45. The molecule has 98 valence electrons. The van der Waals surface area contributed by atoms with Crippen LogP contribution in [-0.4, -0.2) is 13.1 Å². The van der Waals surface area contributed by atoms with Gasteiger partial charge in [-0.3, -0.25) is 0 Å². The standard InChI is InChI=1S/C15H27NS/c1-4-10-16-13-15(5-2,6-3)9-7-14-8-11-17-12-14/h8,11-12,16H,4-7,9-10,13H2,1-3H3. The van der Waals surface area contributed by atoms with Crippen LogP contribution in [0.5, 0.6) is 0 Å². The van der Waals surface area contributed by atoms with Crippen LogP contribution in [0.1, 0.15) is 52.0 Å². The molecule has 1 heterocycles. The summed E-state index contributed by atoms with van der Waals surface area (Å²) in [7, 11) is 0. The molecular weight excluding hydrogens is 226 g/mol. The smallest absolute Gasteiger partial charge is 0.000771 e. The van der Waals surface area contributed by atoms with Crippen molar-refractivity contribution in [3.05, 3.63) is 22.4 Å². The van der Waals surface area contributed by atoms with Crippen LogP contribution < -0.4 is 5.32 Å². The van der Waals surface area contributed by atoms with Gasteiger partial charge in [-0.25, -0.2) is 0 Å². The number of rotatable bonds is 9. The van der Waals surface area contributed by atoms with Gasteiger partial charge in [-0.15, -0.1) is 0 Å². The summed E-state index contributed by atoms with van der Waals surface area (Å²) < 4.78 is 0. The van der Waals surface area contributed by atoms with E-state index in [1.54, 1.807) is 0 Å². The molecule has 0 unspecified atom stereocenters. The average Bonchev–Trinajstić information content (AvgIpc) is 2.87. The van der Waals surface area contributed by atoms with E-state index in [1.807, 2.05) is 11.3 Å². The van der Waals surface area contributed by atoms with E-state index >= 15 is 0 Å². The Bertz CT molecular complexity index is 275. The highest BCUT2D eigenvalue weighted by Crippen LogP contribution is 2.31. The zero-order chi connectivity index (χ0) is 12.6. The van der Waals surface area contributed by atoms with Gasteiger partial charge in [-0.05, 0) is 66.5 Å². The Morgan fingerprint density at radius 1 is 1.24 bits per heavy atom. The van der Waals surface area contributed by atoms with Gasteiger partial charge in [0.15, 0.2) is 0 Å². The van der Waals surface area contributed by atoms with Crippen molar-refractivity contribution in [2.75, 3.05) is 13.1 Å². The van der Waals surface area contributed by atoms with E-state index < -0.39 is 0 Å². The van der Waals surface area contributed by atoms with E-state index in [4.69, 9.17) is 0 Å². The number of hydrogen-bond acceptors (Lipinski definition) is 2. The first-order chi connectivity index (χ1) is 8.26. The van der Waals surface area contributed by atoms with E-state index in [0.29, 0.717) is 5.41 Å². The Morgan fingerprint density at radius 2 is 2.00 bits per heavy atom. The molecule has 0 aliphatic heterocycles. The van der Waals surface area contributed by atoms with Crippen LogP contribution in [0.2, 0.25) is 0 Å². The third kappa shape index (κ3) is 4.81. The van der Waals surface area contributed by atoms with Crippen LogP contribution in [0.4, 0.5) is 0 Å². The Labute approximate surface area is 111 Å². The minimum atomic E-state index is 0.497. The molecule has 0 fully saturated rings. The van der Waals surface area contributed by atoms with Gasteiger partial charge in [-0.2, -0.15) is 11.3 Å². The van der Waals surface area contributed by atoms with Gasteiger partial charge in [0.2, 0.25) is 0 Å². The van der Waals surface area contributed by atoms with Gasteiger partial charge in [0.1, 0.15) is 0 Å². The molecule has 17 heavy (non-hydrogen) atoms. The quantitative estimate of drug-likeness (QED) is 0.640. The van der Waals surface area contributed by atoms with E-state index in [-0.39, 0.29) is 0 Å². The van der Waals surface area contributed by atoms with Gasteiger partial charge in [0, 0.05) is 6.54 Å². The summed E-state index contributed by atoms with van der Waals surface area (Å²) in [6.45, 7) is 9.24. The summed E-state index contributed by atoms with van der Waals surface area (Å²) in [5, 5.41) is 8.08. The lowest BCUT2D eigenvalue weighted by atomic mass is 9.77. The van der Waals surface area contributed by atoms with Crippen molar-refractivity contribution < 1.29 is 0 Å². The minimum Gasteiger partial charge on any atom is -0.316 e. The highest BCUT2D eigenvalue weighted by Gasteiger charge is 2.25. The molecule has 0 radical (unpaired) electrons. The zero-order valence-corrected chi connectivity index (χ0v) is 12.4. The summed E-state index contributed by atoms with van der Waals surface area (Å²) in [4.78, 5) is 0. The van der Waals surface area contributed by atoms with Crippen LogP contribution in [-0.2, 0) is 6.42 Å². The third-order valence-corrected chi connectivity index (χ3v) is 4.68. The van der Waals surface area contributed by atoms with Crippen LogP contribution in [0.25, 0.3) is 0 Å². The molecule has 0 bridgehead atoms. The first kappa shape index (κ1) is 14.7. The lowest BCUT2D eigenvalue weighted by molar-refractivity contribution is 0.228. The molecule has 1 rings (SSSR count). The molecule has 0 saturated carbocycles. The van der Waals surface area contributed by atoms with Crippen molar-refractivity contribution in [3.8, 4) is 0 Å². The van der Waals surface area contributed by atoms with Gasteiger partial charge >= 0.3 is 0 Å². The number of nitrogens with one attached hydrogen (secondary N) is 1. The van der Waals surface area contributed by atoms with Crippen molar-refractivity contribution in [1.82, 2.24) is 5.32 Å².